The quantitative estimate of drug-likeness (QED) is 0.746. The van der Waals surface area contributed by atoms with Crippen LogP contribution in [0.15, 0.2) is 42.5 Å². The summed E-state index contributed by atoms with van der Waals surface area (Å²) in [6.07, 6.45) is -4.55. The van der Waals surface area contributed by atoms with Gasteiger partial charge in [-0.1, -0.05) is 18.2 Å². The van der Waals surface area contributed by atoms with Crippen molar-refractivity contribution in [2.24, 2.45) is 0 Å². The number of carbonyl (C=O) groups is 1. The molecule has 118 valence electrons. The van der Waals surface area contributed by atoms with Crippen LogP contribution in [0, 0.1) is 6.92 Å². The van der Waals surface area contributed by atoms with Crippen molar-refractivity contribution < 1.29 is 18.0 Å². The molecule has 1 amide bonds. The number of carbonyl (C=O) groups excluding carboxylic acids is 1. The van der Waals surface area contributed by atoms with Gasteiger partial charge in [0.2, 0.25) is 5.82 Å². The number of imidazole rings is 1. The van der Waals surface area contributed by atoms with E-state index >= 15 is 0 Å². The predicted molar refractivity (Wildman–Crippen MR) is 80.2 cm³/mol. The molecule has 0 saturated carbocycles. The van der Waals surface area contributed by atoms with Gasteiger partial charge in [0.1, 0.15) is 0 Å². The summed E-state index contributed by atoms with van der Waals surface area (Å²) in [5.74, 6) is -1.48. The van der Waals surface area contributed by atoms with E-state index in [1.54, 1.807) is 12.1 Å². The lowest BCUT2D eigenvalue weighted by molar-refractivity contribution is -0.144. The first-order chi connectivity index (χ1) is 10.8. The SMILES string of the molecule is Cc1ccccc1NC(=O)c1ccc2nc(C(F)(F)F)[nH]c2c1. The highest BCUT2D eigenvalue weighted by molar-refractivity contribution is 6.06. The topological polar surface area (TPSA) is 57.8 Å². The number of H-pyrrole nitrogens is 1. The molecule has 0 fully saturated rings. The second-order valence-corrected chi connectivity index (χ2v) is 5.08. The Labute approximate surface area is 129 Å². The monoisotopic (exact) mass is 319 g/mol. The Balaban J connectivity index is 1.91. The van der Waals surface area contributed by atoms with Crippen LogP contribution in [0.5, 0.6) is 0 Å². The number of aryl methyl sites for hydroxylation is 1. The molecule has 23 heavy (non-hydrogen) atoms. The molecule has 2 N–H and O–H groups in total. The molecule has 2 aromatic carbocycles. The van der Waals surface area contributed by atoms with E-state index in [0.29, 0.717) is 5.69 Å². The van der Waals surface area contributed by atoms with E-state index in [1.807, 2.05) is 19.1 Å². The van der Waals surface area contributed by atoms with E-state index in [2.05, 4.69) is 15.3 Å². The fraction of sp³-hybridized carbons (Fsp3) is 0.125. The number of aromatic nitrogens is 2. The number of amides is 1. The van der Waals surface area contributed by atoms with Crippen molar-refractivity contribution in [3.63, 3.8) is 0 Å². The number of rotatable bonds is 2. The maximum Gasteiger partial charge on any atom is 0.449 e. The Morgan fingerprint density at radius 3 is 2.61 bits per heavy atom. The largest absolute Gasteiger partial charge is 0.449 e. The van der Waals surface area contributed by atoms with Crippen LogP contribution in [0.1, 0.15) is 21.7 Å². The number of fused-ring (bicyclic) bond motifs is 1. The number of hydrogen-bond acceptors (Lipinski definition) is 2. The molecule has 0 spiro atoms. The zero-order valence-corrected chi connectivity index (χ0v) is 12.0. The summed E-state index contributed by atoms with van der Waals surface area (Å²) in [5.41, 5.74) is 2.11. The molecular weight excluding hydrogens is 307 g/mol. The summed E-state index contributed by atoms with van der Waals surface area (Å²) in [5, 5.41) is 2.73. The number of hydrogen-bond donors (Lipinski definition) is 2. The highest BCUT2D eigenvalue weighted by Gasteiger charge is 2.34. The predicted octanol–water partition coefficient (Wildman–Crippen LogP) is 4.14. The summed E-state index contributed by atoms with van der Waals surface area (Å²) in [6, 6.07) is 11.4. The maximum atomic E-state index is 12.6. The molecule has 0 aliphatic carbocycles. The Hall–Kier alpha value is -2.83. The van der Waals surface area contributed by atoms with Gasteiger partial charge < -0.3 is 10.3 Å². The van der Waals surface area contributed by atoms with E-state index in [-0.39, 0.29) is 16.6 Å². The minimum absolute atomic E-state index is 0.157. The summed E-state index contributed by atoms with van der Waals surface area (Å²) < 4.78 is 37.9. The van der Waals surface area contributed by atoms with Crippen molar-refractivity contribution in [2.75, 3.05) is 5.32 Å². The standard InChI is InChI=1S/C16H12F3N3O/c1-9-4-2-3-5-11(9)20-14(23)10-6-7-12-13(8-10)22-15(21-12)16(17,18)19/h2-8H,1H3,(H,20,23)(H,21,22). The van der Waals surface area contributed by atoms with E-state index < -0.39 is 17.9 Å². The van der Waals surface area contributed by atoms with Crippen LogP contribution in [0.3, 0.4) is 0 Å². The van der Waals surface area contributed by atoms with Gasteiger partial charge in [0.05, 0.1) is 11.0 Å². The molecule has 3 aromatic rings. The average molecular weight is 319 g/mol. The second-order valence-electron chi connectivity index (χ2n) is 5.08. The molecule has 0 bridgehead atoms. The van der Waals surface area contributed by atoms with E-state index in [4.69, 9.17) is 0 Å². The van der Waals surface area contributed by atoms with E-state index in [0.717, 1.165) is 5.56 Å². The molecule has 4 nitrogen and oxygen atoms in total. The first-order valence-corrected chi connectivity index (χ1v) is 6.78. The van der Waals surface area contributed by atoms with Gasteiger partial charge in [0, 0.05) is 11.3 Å². The summed E-state index contributed by atoms with van der Waals surface area (Å²) >= 11 is 0. The highest BCUT2D eigenvalue weighted by atomic mass is 19.4. The summed E-state index contributed by atoms with van der Waals surface area (Å²) in [7, 11) is 0. The number of para-hydroxylation sites is 1. The molecule has 0 atom stereocenters. The van der Waals surface area contributed by atoms with Crippen LogP contribution in [0.4, 0.5) is 18.9 Å². The van der Waals surface area contributed by atoms with Gasteiger partial charge in [-0.3, -0.25) is 4.79 Å². The van der Waals surface area contributed by atoms with Gasteiger partial charge in [0.15, 0.2) is 0 Å². The average Bonchev–Trinajstić information content (AvgIpc) is 2.92. The Bertz CT molecular complexity index is 884. The maximum absolute atomic E-state index is 12.6. The molecule has 3 rings (SSSR count). The molecule has 0 radical (unpaired) electrons. The normalized spacial score (nSPS) is 11.7. The van der Waals surface area contributed by atoms with Crippen molar-refractivity contribution in [3.8, 4) is 0 Å². The van der Waals surface area contributed by atoms with Crippen molar-refractivity contribution in [1.29, 1.82) is 0 Å². The second kappa shape index (κ2) is 5.42. The van der Waals surface area contributed by atoms with Crippen molar-refractivity contribution >= 4 is 22.6 Å². The Morgan fingerprint density at radius 1 is 1.17 bits per heavy atom. The third-order valence-electron chi connectivity index (χ3n) is 3.41. The molecule has 0 aliphatic heterocycles. The number of halogens is 3. The number of nitrogens with zero attached hydrogens (tertiary/aromatic N) is 1. The lowest BCUT2D eigenvalue weighted by atomic mass is 10.1. The molecule has 0 aliphatic rings. The number of alkyl halides is 3. The number of anilines is 1. The van der Waals surface area contributed by atoms with E-state index in [9.17, 15) is 18.0 Å². The number of benzene rings is 2. The van der Waals surface area contributed by atoms with Crippen molar-refractivity contribution in [3.05, 3.63) is 59.4 Å². The van der Waals surface area contributed by atoms with Crippen molar-refractivity contribution in [1.82, 2.24) is 9.97 Å². The van der Waals surface area contributed by atoms with Crippen molar-refractivity contribution in [2.45, 2.75) is 13.1 Å². The zero-order chi connectivity index (χ0) is 16.6. The van der Waals surface area contributed by atoms with Crippen LogP contribution in [-0.2, 0) is 6.18 Å². The first-order valence-electron chi connectivity index (χ1n) is 6.78. The number of nitrogens with one attached hydrogen (secondary N) is 2. The van der Waals surface area contributed by atoms with Gasteiger partial charge in [-0.05, 0) is 36.8 Å². The molecule has 7 heteroatoms. The Morgan fingerprint density at radius 2 is 1.91 bits per heavy atom. The van der Waals surface area contributed by atoms with Gasteiger partial charge in [-0.2, -0.15) is 13.2 Å². The summed E-state index contributed by atoms with van der Waals surface area (Å²) in [4.78, 5) is 17.9. The third-order valence-corrected chi connectivity index (χ3v) is 3.41. The smallest absolute Gasteiger partial charge is 0.334 e. The molecule has 0 saturated heterocycles. The van der Waals surface area contributed by atoms with E-state index in [1.165, 1.54) is 18.2 Å². The zero-order valence-electron chi connectivity index (χ0n) is 12.0. The van der Waals surface area contributed by atoms with Crippen LogP contribution >= 0.6 is 0 Å². The molecular formula is C16H12F3N3O. The molecule has 1 heterocycles. The minimum Gasteiger partial charge on any atom is -0.334 e. The van der Waals surface area contributed by atoms with Gasteiger partial charge in [-0.25, -0.2) is 4.98 Å². The minimum atomic E-state index is -4.55. The van der Waals surface area contributed by atoms with Gasteiger partial charge >= 0.3 is 6.18 Å². The summed E-state index contributed by atoms with van der Waals surface area (Å²) in [6.45, 7) is 1.85. The first kappa shape index (κ1) is 15.1. The van der Waals surface area contributed by atoms with Crippen LogP contribution in [-0.4, -0.2) is 15.9 Å². The van der Waals surface area contributed by atoms with Gasteiger partial charge in [0.25, 0.3) is 5.91 Å². The number of aromatic amines is 1. The molecule has 0 unspecified atom stereocenters. The van der Waals surface area contributed by atoms with Gasteiger partial charge in [-0.15, -0.1) is 0 Å². The fourth-order valence-electron chi connectivity index (χ4n) is 2.19. The van der Waals surface area contributed by atoms with Crippen LogP contribution in [0.25, 0.3) is 11.0 Å². The fourth-order valence-corrected chi connectivity index (χ4v) is 2.19. The highest BCUT2D eigenvalue weighted by Crippen LogP contribution is 2.28. The lowest BCUT2D eigenvalue weighted by Gasteiger charge is -2.07. The lowest BCUT2D eigenvalue weighted by Crippen LogP contribution is -2.12. The van der Waals surface area contributed by atoms with Crippen LogP contribution < -0.4 is 5.32 Å². The van der Waals surface area contributed by atoms with Crippen LogP contribution in [0.2, 0.25) is 0 Å². The molecule has 1 aromatic heterocycles. The Kier molecular flexibility index (Phi) is 3.55. The third kappa shape index (κ3) is 3.03.